The molecule has 1 N–H and O–H groups in total. The first-order valence-electron chi connectivity index (χ1n) is 6.85. The Labute approximate surface area is 120 Å². The topological polar surface area (TPSA) is 47.3 Å². The molecule has 0 fully saturated rings. The van der Waals surface area contributed by atoms with Crippen molar-refractivity contribution in [3.8, 4) is 5.75 Å². The molecule has 1 atom stereocenters. The third-order valence-electron chi connectivity index (χ3n) is 3.62. The van der Waals surface area contributed by atoms with Gasteiger partial charge in [-0.15, -0.1) is 0 Å². The summed E-state index contributed by atoms with van der Waals surface area (Å²) >= 11 is 0. The van der Waals surface area contributed by atoms with Gasteiger partial charge in [-0.05, 0) is 46.4 Å². The molecule has 0 saturated heterocycles. The molecule has 0 bridgehead atoms. The lowest BCUT2D eigenvalue weighted by molar-refractivity contribution is 0.296. The second kappa shape index (κ2) is 6.09. The zero-order valence-corrected chi connectivity index (χ0v) is 12.8. The van der Waals surface area contributed by atoms with Gasteiger partial charge in [0.15, 0.2) is 0 Å². The zero-order chi connectivity index (χ0) is 14.7. The Morgan fingerprint density at radius 2 is 2.05 bits per heavy atom. The van der Waals surface area contributed by atoms with Crippen molar-refractivity contribution in [1.82, 2.24) is 10.5 Å². The van der Waals surface area contributed by atoms with Crippen LogP contribution < -0.4 is 10.1 Å². The number of hydrogen-bond acceptors (Lipinski definition) is 4. The maximum Gasteiger partial charge on any atom is 0.140 e. The SMILES string of the molecule is CNC(C)c1ccc(C)cc1OCc1c(C)noc1C. The number of nitrogens with zero attached hydrogens (tertiary/aromatic N) is 1. The number of benzene rings is 1. The Hall–Kier alpha value is -1.81. The van der Waals surface area contributed by atoms with E-state index in [9.17, 15) is 0 Å². The summed E-state index contributed by atoms with van der Waals surface area (Å²) in [7, 11) is 1.95. The molecule has 4 heteroatoms. The average Bonchev–Trinajstić information content (AvgIpc) is 2.75. The summed E-state index contributed by atoms with van der Waals surface area (Å²) in [6.07, 6.45) is 0. The summed E-state index contributed by atoms with van der Waals surface area (Å²) in [6, 6.07) is 6.53. The molecule has 0 aliphatic carbocycles. The number of rotatable bonds is 5. The molecule has 1 aromatic heterocycles. The van der Waals surface area contributed by atoms with E-state index in [1.807, 2.05) is 20.9 Å². The minimum absolute atomic E-state index is 0.246. The van der Waals surface area contributed by atoms with Crippen LogP contribution in [0.25, 0.3) is 0 Å². The Balaban J connectivity index is 2.22. The highest BCUT2D eigenvalue weighted by atomic mass is 16.5. The molecule has 108 valence electrons. The molecule has 1 unspecified atom stereocenters. The molecule has 4 nitrogen and oxygen atoms in total. The predicted octanol–water partition coefficient (Wildman–Crippen LogP) is 3.46. The smallest absolute Gasteiger partial charge is 0.140 e. The van der Waals surface area contributed by atoms with E-state index in [1.54, 1.807) is 0 Å². The molecule has 2 rings (SSSR count). The van der Waals surface area contributed by atoms with Gasteiger partial charge in [0.25, 0.3) is 0 Å². The number of ether oxygens (including phenoxy) is 1. The van der Waals surface area contributed by atoms with Gasteiger partial charge < -0.3 is 14.6 Å². The minimum atomic E-state index is 0.246. The normalized spacial score (nSPS) is 12.4. The lowest BCUT2D eigenvalue weighted by Gasteiger charge is -2.17. The third-order valence-corrected chi connectivity index (χ3v) is 3.62. The van der Waals surface area contributed by atoms with Crippen LogP contribution in [0.1, 0.15) is 41.1 Å². The highest BCUT2D eigenvalue weighted by Crippen LogP contribution is 2.27. The van der Waals surface area contributed by atoms with Gasteiger partial charge >= 0.3 is 0 Å². The second-order valence-electron chi connectivity index (χ2n) is 5.14. The molecule has 0 amide bonds. The zero-order valence-electron chi connectivity index (χ0n) is 12.8. The van der Waals surface area contributed by atoms with Crippen LogP contribution in [0, 0.1) is 20.8 Å². The molecular formula is C16H22N2O2. The monoisotopic (exact) mass is 274 g/mol. The summed E-state index contributed by atoms with van der Waals surface area (Å²) in [5.74, 6) is 1.73. The van der Waals surface area contributed by atoms with Gasteiger partial charge in [0.1, 0.15) is 18.1 Å². The van der Waals surface area contributed by atoms with Crippen LogP contribution in [-0.2, 0) is 6.61 Å². The quantitative estimate of drug-likeness (QED) is 0.907. The third kappa shape index (κ3) is 3.02. The van der Waals surface area contributed by atoms with Gasteiger partial charge in [-0.2, -0.15) is 0 Å². The Morgan fingerprint density at radius 3 is 2.65 bits per heavy atom. The molecule has 0 saturated carbocycles. The van der Waals surface area contributed by atoms with E-state index in [2.05, 4.69) is 42.5 Å². The highest BCUT2D eigenvalue weighted by molar-refractivity contribution is 5.39. The Kier molecular flexibility index (Phi) is 4.45. The summed E-state index contributed by atoms with van der Waals surface area (Å²) < 4.78 is 11.2. The van der Waals surface area contributed by atoms with Crippen molar-refractivity contribution in [2.24, 2.45) is 0 Å². The minimum Gasteiger partial charge on any atom is -0.488 e. The number of nitrogens with one attached hydrogen (secondary N) is 1. The van der Waals surface area contributed by atoms with Crippen LogP contribution in [0.3, 0.4) is 0 Å². The summed E-state index contributed by atoms with van der Waals surface area (Å²) in [6.45, 7) is 8.51. The van der Waals surface area contributed by atoms with Gasteiger partial charge in [-0.1, -0.05) is 17.3 Å². The molecule has 20 heavy (non-hydrogen) atoms. The van der Waals surface area contributed by atoms with Gasteiger partial charge in [-0.25, -0.2) is 0 Å². The molecule has 1 aromatic carbocycles. The van der Waals surface area contributed by atoms with Crippen LogP contribution in [0.4, 0.5) is 0 Å². The maximum atomic E-state index is 6.01. The van der Waals surface area contributed by atoms with Crippen molar-refractivity contribution >= 4 is 0 Å². The standard InChI is InChI=1S/C16H22N2O2/c1-10-6-7-14(11(2)17-5)16(8-10)19-9-15-12(3)18-20-13(15)4/h6-8,11,17H,9H2,1-5H3. The average molecular weight is 274 g/mol. The maximum absolute atomic E-state index is 6.01. The van der Waals surface area contributed by atoms with Crippen LogP contribution in [0.15, 0.2) is 22.7 Å². The molecule has 1 heterocycles. The van der Waals surface area contributed by atoms with E-state index in [4.69, 9.17) is 9.26 Å². The van der Waals surface area contributed by atoms with E-state index in [0.29, 0.717) is 6.61 Å². The Morgan fingerprint density at radius 1 is 1.30 bits per heavy atom. The van der Waals surface area contributed by atoms with Crippen molar-refractivity contribution in [3.63, 3.8) is 0 Å². The first-order valence-corrected chi connectivity index (χ1v) is 6.85. The predicted molar refractivity (Wildman–Crippen MR) is 79.0 cm³/mol. The Bertz CT molecular complexity index is 571. The van der Waals surface area contributed by atoms with E-state index < -0.39 is 0 Å². The number of aromatic nitrogens is 1. The molecule has 0 aliphatic heterocycles. The van der Waals surface area contributed by atoms with E-state index in [0.717, 1.165) is 28.3 Å². The van der Waals surface area contributed by atoms with Crippen LogP contribution >= 0.6 is 0 Å². The summed E-state index contributed by atoms with van der Waals surface area (Å²) in [5.41, 5.74) is 4.25. The fourth-order valence-corrected chi connectivity index (χ4v) is 2.14. The van der Waals surface area contributed by atoms with Crippen molar-refractivity contribution in [3.05, 3.63) is 46.3 Å². The van der Waals surface area contributed by atoms with Gasteiger partial charge in [0.2, 0.25) is 0 Å². The summed E-state index contributed by atoms with van der Waals surface area (Å²) in [5, 5.41) is 7.20. The fourth-order valence-electron chi connectivity index (χ4n) is 2.14. The number of aryl methyl sites for hydroxylation is 3. The molecule has 0 radical (unpaired) electrons. The fraction of sp³-hybridized carbons (Fsp3) is 0.438. The van der Waals surface area contributed by atoms with Crippen LogP contribution in [-0.4, -0.2) is 12.2 Å². The second-order valence-corrected chi connectivity index (χ2v) is 5.14. The molecule has 0 aliphatic rings. The molecule has 2 aromatic rings. The van der Waals surface area contributed by atoms with E-state index in [1.165, 1.54) is 5.56 Å². The van der Waals surface area contributed by atoms with E-state index in [-0.39, 0.29) is 6.04 Å². The van der Waals surface area contributed by atoms with Crippen molar-refractivity contribution < 1.29 is 9.26 Å². The molecule has 0 spiro atoms. The largest absolute Gasteiger partial charge is 0.488 e. The summed E-state index contributed by atoms with van der Waals surface area (Å²) in [4.78, 5) is 0. The van der Waals surface area contributed by atoms with Gasteiger partial charge in [0.05, 0.1) is 11.3 Å². The van der Waals surface area contributed by atoms with Crippen LogP contribution in [0.2, 0.25) is 0 Å². The first kappa shape index (κ1) is 14.6. The lowest BCUT2D eigenvalue weighted by Crippen LogP contribution is -2.14. The number of hydrogen-bond donors (Lipinski definition) is 1. The molecular weight excluding hydrogens is 252 g/mol. The van der Waals surface area contributed by atoms with Crippen molar-refractivity contribution in [2.45, 2.75) is 40.3 Å². The van der Waals surface area contributed by atoms with Gasteiger partial charge in [0, 0.05) is 11.6 Å². The van der Waals surface area contributed by atoms with Crippen molar-refractivity contribution in [2.75, 3.05) is 7.05 Å². The van der Waals surface area contributed by atoms with Crippen LogP contribution in [0.5, 0.6) is 5.75 Å². The van der Waals surface area contributed by atoms with Gasteiger partial charge in [-0.3, -0.25) is 0 Å². The van der Waals surface area contributed by atoms with Crippen molar-refractivity contribution in [1.29, 1.82) is 0 Å². The highest BCUT2D eigenvalue weighted by Gasteiger charge is 2.13. The first-order chi connectivity index (χ1) is 9.52. The lowest BCUT2D eigenvalue weighted by atomic mass is 10.1. The van der Waals surface area contributed by atoms with E-state index >= 15 is 0 Å².